The summed E-state index contributed by atoms with van der Waals surface area (Å²) in [6.07, 6.45) is -1.57. The molecule has 2 aliphatic rings. The number of carbonyl (C=O) groups is 1. The maximum absolute atomic E-state index is 10.6. The summed E-state index contributed by atoms with van der Waals surface area (Å²) in [5.74, 6) is -0.424. The fraction of sp³-hybridized carbons (Fsp3) is 0.533. The number of fused-ring (bicyclic) bond motifs is 2. The van der Waals surface area contributed by atoms with Crippen LogP contribution >= 0.6 is 11.3 Å². The summed E-state index contributed by atoms with van der Waals surface area (Å²) in [4.78, 5) is 13.0. The van der Waals surface area contributed by atoms with E-state index in [-0.39, 0.29) is 0 Å². The maximum atomic E-state index is 10.6. The number of thiophene rings is 1. The molecule has 0 fully saturated rings. The lowest BCUT2D eigenvalue weighted by Gasteiger charge is -2.26. The number of rotatable bonds is 2. The lowest BCUT2D eigenvalue weighted by molar-refractivity contribution is -0.192. The van der Waals surface area contributed by atoms with Gasteiger partial charge in [0.15, 0.2) is 0 Å². The van der Waals surface area contributed by atoms with Crippen LogP contribution in [-0.2, 0) is 37.3 Å². The van der Waals surface area contributed by atoms with Gasteiger partial charge in [-0.2, -0.15) is 13.2 Å². The summed E-state index contributed by atoms with van der Waals surface area (Å²) in [5, 5.41) is 18.0. The summed E-state index contributed by atoms with van der Waals surface area (Å²) in [6.45, 7) is 4.27. The van der Waals surface area contributed by atoms with Crippen molar-refractivity contribution < 1.29 is 23.1 Å². The van der Waals surface area contributed by atoms with Crippen molar-refractivity contribution in [3.63, 3.8) is 0 Å². The fourth-order valence-corrected chi connectivity index (χ4v) is 3.86. The lowest BCUT2D eigenvalue weighted by atomic mass is 10.1. The van der Waals surface area contributed by atoms with Crippen LogP contribution in [0.4, 0.5) is 13.2 Å². The third-order valence-corrected chi connectivity index (χ3v) is 5.20. The van der Waals surface area contributed by atoms with Gasteiger partial charge in [0.05, 0.1) is 6.54 Å². The van der Waals surface area contributed by atoms with E-state index in [4.69, 9.17) is 9.90 Å². The number of hydrogen-bond donors (Lipinski definition) is 1. The third kappa shape index (κ3) is 4.18. The highest BCUT2D eigenvalue weighted by Crippen LogP contribution is 2.25. The minimum atomic E-state index is -5.08. The monoisotopic (exact) mass is 374 g/mol. The second-order valence-electron chi connectivity index (χ2n) is 5.92. The van der Waals surface area contributed by atoms with E-state index in [1.54, 1.807) is 4.88 Å². The van der Waals surface area contributed by atoms with Crippen LogP contribution in [0.3, 0.4) is 0 Å². The Morgan fingerprint density at radius 1 is 1.28 bits per heavy atom. The molecule has 2 aromatic rings. The largest absolute Gasteiger partial charge is 0.490 e. The van der Waals surface area contributed by atoms with Crippen LogP contribution in [0, 0.1) is 0 Å². The van der Waals surface area contributed by atoms with Gasteiger partial charge in [0, 0.05) is 30.9 Å². The molecular formula is C15H17F3N4O2S. The standard InChI is InChI=1S/C13H16N4S.C2HF3O2/c1-2-12-14-15-13(17(12)5-1)9-16-6-3-11-10(8-16)4-7-18-11;3-2(4,5)1(6)7/h4,7H,1-3,5-6,8-9H2;(H,6,7). The van der Waals surface area contributed by atoms with Crippen LogP contribution in [0.5, 0.6) is 0 Å². The third-order valence-electron chi connectivity index (χ3n) is 4.18. The fourth-order valence-electron chi connectivity index (χ4n) is 2.97. The predicted octanol–water partition coefficient (Wildman–Crippen LogP) is 2.48. The Morgan fingerprint density at radius 2 is 2.04 bits per heavy atom. The molecule has 0 unspecified atom stereocenters. The summed E-state index contributed by atoms with van der Waals surface area (Å²) >= 11 is 1.90. The highest BCUT2D eigenvalue weighted by molar-refractivity contribution is 7.10. The number of carboxylic acid groups (broad SMARTS) is 1. The number of aromatic nitrogens is 3. The van der Waals surface area contributed by atoms with Crippen molar-refractivity contribution in [3.8, 4) is 0 Å². The number of hydrogen-bond acceptors (Lipinski definition) is 5. The van der Waals surface area contributed by atoms with Crippen LogP contribution in [0.15, 0.2) is 11.4 Å². The summed E-state index contributed by atoms with van der Waals surface area (Å²) < 4.78 is 34.0. The van der Waals surface area contributed by atoms with Gasteiger partial charge in [-0.25, -0.2) is 4.79 Å². The number of aliphatic carboxylic acids is 1. The van der Waals surface area contributed by atoms with E-state index >= 15 is 0 Å². The van der Waals surface area contributed by atoms with Gasteiger partial charge < -0.3 is 9.67 Å². The van der Waals surface area contributed by atoms with E-state index in [2.05, 4.69) is 31.1 Å². The Labute approximate surface area is 145 Å². The van der Waals surface area contributed by atoms with E-state index in [1.165, 1.54) is 24.2 Å². The molecular weight excluding hydrogens is 357 g/mol. The molecule has 0 spiro atoms. The zero-order chi connectivity index (χ0) is 18.0. The van der Waals surface area contributed by atoms with Crippen LogP contribution in [0.1, 0.15) is 28.5 Å². The Hall–Kier alpha value is -1.94. The minimum absolute atomic E-state index is 0.947. The average Bonchev–Trinajstić information content (AvgIpc) is 3.24. The highest BCUT2D eigenvalue weighted by Gasteiger charge is 2.38. The first kappa shape index (κ1) is 17.9. The first-order chi connectivity index (χ1) is 11.8. The molecule has 136 valence electrons. The van der Waals surface area contributed by atoms with Gasteiger partial charge >= 0.3 is 12.1 Å². The quantitative estimate of drug-likeness (QED) is 0.875. The zero-order valence-electron chi connectivity index (χ0n) is 13.3. The molecule has 0 radical (unpaired) electrons. The van der Waals surface area contributed by atoms with Crippen LogP contribution < -0.4 is 0 Å². The van der Waals surface area contributed by atoms with E-state index in [1.807, 2.05) is 11.3 Å². The smallest absolute Gasteiger partial charge is 0.475 e. The Kier molecular flexibility index (Phi) is 5.09. The first-order valence-electron chi connectivity index (χ1n) is 7.83. The molecule has 2 aliphatic heterocycles. The van der Waals surface area contributed by atoms with Gasteiger partial charge in [-0.1, -0.05) is 0 Å². The second kappa shape index (κ2) is 7.12. The molecule has 0 atom stereocenters. The van der Waals surface area contributed by atoms with Crippen molar-refractivity contribution in [2.45, 2.75) is 45.1 Å². The van der Waals surface area contributed by atoms with Crippen molar-refractivity contribution in [2.24, 2.45) is 0 Å². The van der Waals surface area contributed by atoms with Crippen molar-refractivity contribution in [2.75, 3.05) is 6.54 Å². The number of aryl methyl sites for hydroxylation is 1. The number of carboxylic acids is 1. The average molecular weight is 374 g/mol. The summed E-state index contributed by atoms with van der Waals surface area (Å²) in [5.41, 5.74) is 1.51. The molecule has 6 nitrogen and oxygen atoms in total. The molecule has 25 heavy (non-hydrogen) atoms. The van der Waals surface area contributed by atoms with E-state index in [0.29, 0.717) is 0 Å². The van der Waals surface area contributed by atoms with Crippen LogP contribution in [-0.4, -0.2) is 43.5 Å². The minimum Gasteiger partial charge on any atom is -0.475 e. The lowest BCUT2D eigenvalue weighted by Crippen LogP contribution is -2.30. The van der Waals surface area contributed by atoms with Gasteiger partial charge in [0.2, 0.25) is 0 Å². The molecule has 2 aromatic heterocycles. The highest BCUT2D eigenvalue weighted by atomic mass is 32.1. The zero-order valence-corrected chi connectivity index (χ0v) is 14.1. The predicted molar refractivity (Wildman–Crippen MR) is 84.2 cm³/mol. The van der Waals surface area contributed by atoms with Crippen molar-refractivity contribution >= 4 is 17.3 Å². The molecule has 0 bridgehead atoms. The van der Waals surface area contributed by atoms with E-state index in [9.17, 15) is 13.2 Å². The van der Waals surface area contributed by atoms with Crippen LogP contribution in [0.2, 0.25) is 0 Å². The number of halogens is 3. The SMILES string of the molecule is O=C(O)C(F)(F)F.c1cc2c(s1)CCN(Cc1nnc3n1CCC3)C2. The van der Waals surface area contributed by atoms with Crippen molar-refractivity contribution in [1.82, 2.24) is 19.7 Å². The van der Waals surface area contributed by atoms with Crippen molar-refractivity contribution in [3.05, 3.63) is 33.5 Å². The molecule has 0 saturated carbocycles. The molecule has 0 aliphatic carbocycles. The molecule has 4 rings (SSSR count). The molecule has 4 heterocycles. The first-order valence-corrected chi connectivity index (χ1v) is 8.71. The topological polar surface area (TPSA) is 71.2 Å². The van der Waals surface area contributed by atoms with Crippen molar-refractivity contribution in [1.29, 1.82) is 0 Å². The van der Waals surface area contributed by atoms with E-state index in [0.717, 1.165) is 38.4 Å². The summed E-state index contributed by atoms with van der Waals surface area (Å²) in [6, 6.07) is 2.26. The Balaban J connectivity index is 0.000000225. The molecule has 0 aromatic carbocycles. The molecule has 10 heteroatoms. The number of alkyl halides is 3. The number of nitrogens with zero attached hydrogens (tertiary/aromatic N) is 4. The van der Waals surface area contributed by atoms with Gasteiger partial charge in [0.1, 0.15) is 11.6 Å². The van der Waals surface area contributed by atoms with E-state index < -0.39 is 12.1 Å². The van der Waals surface area contributed by atoms with Gasteiger partial charge in [-0.05, 0) is 29.9 Å². The van der Waals surface area contributed by atoms with Gasteiger partial charge in [0.25, 0.3) is 0 Å². The maximum Gasteiger partial charge on any atom is 0.490 e. The van der Waals surface area contributed by atoms with Gasteiger partial charge in [-0.3, -0.25) is 4.90 Å². The molecule has 1 N–H and O–H groups in total. The summed E-state index contributed by atoms with van der Waals surface area (Å²) in [7, 11) is 0. The normalized spacial score (nSPS) is 16.8. The Bertz CT molecular complexity index is 756. The van der Waals surface area contributed by atoms with Gasteiger partial charge in [-0.15, -0.1) is 21.5 Å². The molecule has 0 amide bonds. The van der Waals surface area contributed by atoms with Crippen LogP contribution in [0.25, 0.3) is 0 Å². The Morgan fingerprint density at radius 3 is 2.76 bits per heavy atom. The second-order valence-corrected chi connectivity index (χ2v) is 6.92. The molecule has 0 saturated heterocycles.